The number of rotatable bonds is 10. The third-order valence-electron chi connectivity index (χ3n) is 6.54. The minimum atomic E-state index is -0.582. The molecule has 0 bridgehead atoms. The fraction of sp³-hybridized carbons (Fsp3) is 0.375. The molecule has 0 radical (unpaired) electrons. The molecule has 8 heteroatoms. The van der Waals surface area contributed by atoms with Crippen molar-refractivity contribution in [1.29, 1.82) is 10.8 Å². The molecular weight excluding hydrogens is 505 g/mol. The van der Waals surface area contributed by atoms with Crippen LogP contribution in [0.25, 0.3) is 5.57 Å². The van der Waals surface area contributed by atoms with Gasteiger partial charge in [0.25, 0.3) is 0 Å². The van der Waals surface area contributed by atoms with Crippen LogP contribution in [0.1, 0.15) is 53.5 Å². The van der Waals surface area contributed by atoms with Crippen molar-refractivity contribution in [2.24, 2.45) is 4.99 Å². The van der Waals surface area contributed by atoms with Crippen molar-refractivity contribution in [3.63, 3.8) is 0 Å². The first-order valence-corrected chi connectivity index (χ1v) is 13.3. The molecule has 1 amide bonds. The predicted octanol–water partition coefficient (Wildman–Crippen LogP) is 7.20. The third-order valence-corrected chi connectivity index (χ3v) is 6.54. The monoisotopic (exact) mass is 547 g/mol. The summed E-state index contributed by atoms with van der Waals surface area (Å²) in [6.45, 7) is 20.9. The van der Waals surface area contributed by atoms with Crippen LogP contribution >= 0.6 is 0 Å². The van der Waals surface area contributed by atoms with E-state index in [-0.39, 0.29) is 24.4 Å². The van der Waals surface area contributed by atoms with Crippen LogP contribution in [0.2, 0.25) is 0 Å². The molecule has 7 nitrogen and oxygen atoms in total. The van der Waals surface area contributed by atoms with Gasteiger partial charge in [-0.25, -0.2) is 9.18 Å². The number of allylic oxidation sites excluding steroid dienone is 7. The molecule has 1 saturated heterocycles. The van der Waals surface area contributed by atoms with E-state index >= 15 is 4.39 Å². The molecule has 0 spiro atoms. The first-order valence-electron chi connectivity index (χ1n) is 13.3. The second-order valence-electron chi connectivity index (χ2n) is 10.6. The van der Waals surface area contributed by atoms with Crippen LogP contribution in [-0.4, -0.2) is 65.3 Å². The maximum Gasteiger partial charge on any atom is 0.410 e. The van der Waals surface area contributed by atoms with Gasteiger partial charge >= 0.3 is 6.09 Å². The van der Waals surface area contributed by atoms with Gasteiger partial charge in [0.2, 0.25) is 0 Å². The summed E-state index contributed by atoms with van der Waals surface area (Å²) < 4.78 is 20.8. The molecule has 1 atom stereocenters. The Kier molecular flexibility index (Phi) is 11.5. The number of halogens is 1. The van der Waals surface area contributed by atoms with Gasteiger partial charge < -0.3 is 25.4 Å². The minimum Gasteiger partial charge on any atom is -0.444 e. The Balaban J connectivity index is 2.64. The molecule has 0 aromatic heterocycles. The van der Waals surface area contributed by atoms with E-state index in [4.69, 9.17) is 15.6 Å². The number of nitrogens with zero attached hydrogens (tertiary/aromatic N) is 3. The number of carbonyl (C=O) groups excluding carboxylic acids is 1. The summed E-state index contributed by atoms with van der Waals surface area (Å²) in [6, 6.07) is 6.55. The largest absolute Gasteiger partial charge is 0.444 e. The van der Waals surface area contributed by atoms with Crippen molar-refractivity contribution in [3.8, 4) is 0 Å². The summed E-state index contributed by atoms with van der Waals surface area (Å²) in [6.07, 6.45) is 6.99. The average molecular weight is 548 g/mol. The van der Waals surface area contributed by atoms with Crippen LogP contribution in [0.3, 0.4) is 0 Å². The Morgan fingerprint density at radius 2 is 1.93 bits per heavy atom. The van der Waals surface area contributed by atoms with E-state index < -0.39 is 5.60 Å². The Morgan fingerprint density at radius 3 is 2.45 bits per heavy atom. The number of benzene rings is 1. The zero-order valence-corrected chi connectivity index (χ0v) is 24.6. The van der Waals surface area contributed by atoms with Crippen LogP contribution in [0, 0.1) is 16.6 Å². The molecule has 1 heterocycles. The van der Waals surface area contributed by atoms with E-state index in [0.29, 0.717) is 47.6 Å². The van der Waals surface area contributed by atoms with Crippen molar-refractivity contribution in [1.82, 2.24) is 9.80 Å². The number of ether oxygens (including phenoxy) is 1. The van der Waals surface area contributed by atoms with Crippen molar-refractivity contribution in [2.75, 3.05) is 19.6 Å². The van der Waals surface area contributed by atoms with Gasteiger partial charge in [-0.15, -0.1) is 0 Å². The molecule has 0 unspecified atom stereocenters. The van der Waals surface area contributed by atoms with Crippen molar-refractivity contribution >= 4 is 29.8 Å². The second kappa shape index (κ2) is 14.4. The second-order valence-corrected chi connectivity index (χ2v) is 10.6. The Labute approximate surface area is 238 Å². The van der Waals surface area contributed by atoms with Gasteiger partial charge in [0.1, 0.15) is 11.4 Å². The first-order chi connectivity index (χ1) is 18.9. The zero-order chi connectivity index (χ0) is 30.0. The lowest BCUT2D eigenvalue weighted by Gasteiger charge is -2.42. The van der Waals surface area contributed by atoms with Gasteiger partial charge in [-0.3, -0.25) is 4.99 Å². The fourth-order valence-electron chi connectivity index (χ4n) is 4.74. The SMILES string of the molecule is C=CN=C(CC(=C)/C(C=N)=C/C=N)C(/C(=C\C)c1ccccc1F)=C(\C)N1CCN(C(=O)OC(C)(C)C)C[C@@H]1C. The molecule has 0 aliphatic carbocycles. The standard InChI is InChI=1S/C32H42FN5O2/c1-9-26(27-13-11-12-14-28(27)33)30(29(36-10-2)19-22(3)25(20-35)15-16-34)24(5)38-18-17-37(21-23(38)4)31(39)40-32(6,7)8/h9-16,20,23,34-35H,2-3,17-19,21H2,1,4-8H3/b25-15+,26-9-,30-24+,34-16?,35-20?,36-29?/t23-/m0/s1. The molecule has 1 aliphatic rings. The lowest BCUT2D eigenvalue weighted by Crippen LogP contribution is -2.54. The molecule has 1 aliphatic heterocycles. The summed E-state index contributed by atoms with van der Waals surface area (Å²) in [5.74, 6) is -0.357. The van der Waals surface area contributed by atoms with E-state index in [9.17, 15) is 4.79 Å². The van der Waals surface area contributed by atoms with Gasteiger partial charge in [0, 0.05) is 67.6 Å². The Hall–Kier alpha value is -4.07. The van der Waals surface area contributed by atoms with Gasteiger partial charge in [-0.2, -0.15) is 0 Å². The fourth-order valence-corrected chi connectivity index (χ4v) is 4.74. The lowest BCUT2D eigenvalue weighted by molar-refractivity contribution is 0.0101. The summed E-state index contributed by atoms with van der Waals surface area (Å²) in [4.78, 5) is 21.3. The number of piperazine rings is 1. The Bertz CT molecular complexity index is 1270. The summed E-state index contributed by atoms with van der Waals surface area (Å²) in [7, 11) is 0. The maximum absolute atomic E-state index is 15.2. The van der Waals surface area contributed by atoms with E-state index in [1.54, 1.807) is 23.1 Å². The molecule has 1 aromatic rings. The van der Waals surface area contributed by atoms with Crippen molar-refractivity contribution < 1.29 is 13.9 Å². The highest BCUT2D eigenvalue weighted by atomic mass is 19.1. The van der Waals surface area contributed by atoms with Crippen LogP contribution in [-0.2, 0) is 4.74 Å². The summed E-state index contributed by atoms with van der Waals surface area (Å²) in [5, 5.41) is 15.2. The molecule has 1 fully saturated rings. The number of hydrogen-bond donors (Lipinski definition) is 2. The van der Waals surface area contributed by atoms with E-state index in [1.165, 1.54) is 18.3 Å². The normalized spacial score (nSPS) is 17.7. The lowest BCUT2D eigenvalue weighted by atomic mass is 9.87. The number of aliphatic imine (C=N–C) groups is 1. The number of carbonyl (C=O) groups is 1. The summed E-state index contributed by atoms with van der Waals surface area (Å²) >= 11 is 0. The van der Waals surface area contributed by atoms with E-state index in [2.05, 4.69) is 23.1 Å². The van der Waals surface area contributed by atoms with E-state index in [1.807, 2.05) is 47.6 Å². The highest BCUT2D eigenvalue weighted by Crippen LogP contribution is 2.34. The number of hydrogen-bond acceptors (Lipinski definition) is 6. The van der Waals surface area contributed by atoms with Gasteiger partial charge in [-0.05, 0) is 70.4 Å². The maximum atomic E-state index is 15.2. The molecule has 214 valence electrons. The third kappa shape index (κ3) is 8.21. The number of nitrogens with one attached hydrogen (secondary N) is 2. The van der Waals surface area contributed by atoms with Crippen LogP contribution < -0.4 is 0 Å². The smallest absolute Gasteiger partial charge is 0.410 e. The molecular formula is C32H42FN5O2. The summed E-state index contributed by atoms with van der Waals surface area (Å²) in [5.41, 5.74) is 3.81. The quantitative estimate of drug-likeness (QED) is 0.240. The highest BCUT2D eigenvalue weighted by molar-refractivity contribution is 6.15. The van der Waals surface area contributed by atoms with Gasteiger partial charge in [0.15, 0.2) is 0 Å². The van der Waals surface area contributed by atoms with Gasteiger partial charge in [0.05, 0.1) is 5.71 Å². The number of amides is 1. The first kappa shape index (κ1) is 32.1. The zero-order valence-electron chi connectivity index (χ0n) is 24.6. The van der Waals surface area contributed by atoms with Crippen LogP contribution in [0.15, 0.2) is 83.2 Å². The highest BCUT2D eigenvalue weighted by Gasteiger charge is 2.32. The Morgan fingerprint density at radius 1 is 1.25 bits per heavy atom. The predicted molar refractivity (Wildman–Crippen MR) is 164 cm³/mol. The molecule has 2 N–H and O–H groups in total. The van der Waals surface area contributed by atoms with Crippen molar-refractivity contribution in [2.45, 2.75) is 59.6 Å². The minimum absolute atomic E-state index is 0.0573. The van der Waals surface area contributed by atoms with E-state index in [0.717, 1.165) is 23.7 Å². The average Bonchev–Trinajstić information content (AvgIpc) is 2.89. The molecule has 1 aromatic carbocycles. The molecule has 2 rings (SSSR count). The van der Waals surface area contributed by atoms with Crippen LogP contribution in [0.4, 0.5) is 9.18 Å². The molecule has 0 saturated carbocycles. The van der Waals surface area contributed by atoms with Crippen molar-refractivity contribution in [3.05, 3.63) is 89.6 Å². The topological polar surface area (TPSA) is 92.8 Å². The molecule has 40 heavy (non-hydrogen) atoms. The van der Waals surface area contributed by atoms with Gasteiger partial charge in [-0.1, -0.05) is 37.4 Å². The van der Waals surface area contributed by atoms with Crippen LogP contribution in [0.5, 0.6) is 0 Å².